The molecule has 0 amide bonds. The number of allylic oxidation sites excluding steroid dienone is 2. The second-order valence-corrected chi connectivity index (χ2v) is 7.66. The lowest BCUT2D eigenvalue weighted by Crippen LogP contribution is -2.42. The van der Waals surface area contributed by atoms with E-state index in [0.29, 0.717) is 12.6 Å². The van der Waals surface area contributed by atoms with Crippen molar-refractivity contribution in [1.82, 2.24) is 15.6 Å². The Kier molecular flexibility index (Phi) is 10.4. The zero-order chi connectivity index (χ0) is 20.9. The van der Waals surface area contributed by atoms with E-state index in [2.05, 4.69) is 46.7 Å². The van der Waals surface area contributed by atoms with E-state index in [0.717, 1.165) is 31.6 Å². The lowest BCUT2D eigenvalue weighted by Gasteiger charge is -2.26. The molecule has 0 aromatic carbocycles. The molecular weight excluding hydrogens is 356 g/mol. The number of pyridine rings is 1. The number of nitrogens with zero attached hydrogens (tertiary/aromatic N) is 1. The van der Waals surface area contributed by atoms with Crippen LogP contribution in [0.1, 0.15) is 44.4 Å². The van der Waals surface area contributed by atoms with Crippen LogP contribution in [0.2, 0.25) is 0 Å². The van der Waals surface area contributed by atoms with Crippen LogP contribution in [0.15, 0.2) is 53.3 Å². The van der Waals surface area contributed by atoms with Crippen molar-refractivity contribution in [3.05, 3.63) is 64.5 Å². The van der Waals surface area contributed by atoms with Gasteiger partial charge >= 0.3 is 0 Å². The number of nitrogens with two attached hydrogens (primary N) is 1. The SMILES string of the molecule is C#CC1=C(/C=C\C)CC(CNC/C(C)=C\CN)NC1.c1cnc2c(c1)CCCC2. The third-order valence-corrected chi connectivity index (χ3v) is 5.32. The summed E-state index contributed by atoms with van der Waals surface area (Å²) < 4.78 is 0. The third-order valence-electron chi connectivity index (χ3n) is 5.32. The molecule has 3 rings (SSSR count). The smallest absolute Gasteiger partial charge is 0.0435 e. The minimum atomic E-state index is 0.439. The van der Waals surface area contributed by atoms with Gasteiger partial charge in [0.1, 0.15) is 0 Å². The fraction of sp³-hybridized carbons (Fsp3) is 0.480. The Morgan fingerprint density at radius 1 is 1.41 bits per heavy atom. The van der Waals surface area contributed by atoms with E-state index in [1.807, 2.05) is 25.3 Å². The zero-order valence-corrected chi connectivity index (χ0v) is 18.0. The molecule has 156 valence electrons. The van der Waals surface area contributed by atoms with Gasteiger partial charge in [0.15, 0.2) is 0 Å². The van der Waals surface area contributed by atoms with E-state index < -0.39 is 0 Å². The van der Waals surface area contributed by atoms with Gasteiger partial charge in [-0.3, -0.25) is 4.98 Å². The zero-order valence-electron chi connectivity index (χ0n) is 18.0. The summed E-state index contributed by atoms with van der Waals surface area (Å²) in [6, 6.07) is 4.67. The maximum atomic E-state index is 5.53. The summed E-state index contributed by atoms with van der Waals surface area (Å²) in [6.07, 6.45) is 19.7. The first-order valence-electron chi connectivity index (χ1n) is 10.7. The highest BCUT2D eigenvalue weighted by atomic mass is 15.0. The summed E-state index contributed by atoms with van der Waals surface area (Å²) in [7, 11) is 0. The van der Waals surface area contributed by atoms with Crippen LogP contribution in [-0.4, -0.2) is 37.2 Å². The monoisotopic (exact) mass is 392 g/mol. The van der Waals surface area contributed by atoms with Crippen molar-refractivity contribution in [3.63, 3.8) is 0 Å². The summed E-state index contributed by atoms with van der Waals surface area (Å²) >= 11 is 0. The number of terminal acetylenes is 1. The standard InChI is InChI=1S/C16H25N3.C9H11N/c1-4-6-15-9-16(19-11-14(15)5-2)12-18-10-13(3)7-8-17;1-2-6-9-8(4-1)5-3-7-10-9/h2,4,6-7,16,18-19H,8-12,17H2,1,3H3;3,5,7H,1-2,4,6H2/b6-4-,13-7-;. The highest BCUT2D eigenvalue weighted by Crippen LogP contribution is 2.18. The topological polar surface area (TPSA) is 63.0 Å². The van der Waals surface area contributed by atoms with E-state index in [-0.39, 0.29) is 0 Å². The number of fused-ring (bicyclic) bond motifs is 1. The third kappa shape index (κ3) is 7.98. The molecule has 1 aliphatic carbocycles. The van der Waals surface area contributed by atoms with Crippen molar-refractivity contribution in [3.8, 4) is 12.3 Å². The number of aromatic nitrogens is 1. The van der Waals surface area contributed by atoms with Gasteiger partial charge in [0.2, 0.25) is 0 Å². The van der Waals surface area contributed by atoms with Crippen molar-refractivity contribution in [2.75, 3.05) is 26.2 Å². The molecule has 1 aromatic rings. The Morgan fingerprint density at radius 3 is 2.97 bits per heavy atom. The molecule has 0 fully saturated rings. The molecule has 0 bridgehead atoms. The van der Waals surface area contributed by atoms with Crippen LogP contribution < -0.4 is 16.4 Å². The second kappa shape index (κ2) is 13.1. The maximum Gasteiger partial charge on any atom is 0.0435 e. The van der Waals surface area contributed by atoms with Crippen molar-refractivity contribution in [2.24, 2.45) is 5.73 Å². The van der Waals surface area contributed by atoms with E-state index in [4.69, 9.17) is 12.2 Å². The molecule has 0 saturated heterocycles. The second-order valence-electron chi connectivity index (χ2n) is 7.66. The lowest BCUT2D eigenvalue weighted by atomic mass is 9.95. The molecule has 0 saturated carbocycles. The molecule has 4 heteroatoms. The Bertz CT molecular complexity index is 742. The fourth-order valence-corrected chi connectivity index (χ4v) is 3.73. The average Bonchev–Trinajstić information content (AvgIpc) is 2.75. The van der Waals surface area contributed by atoms with Crippen LogP contribution in [0.25, 0.3) is 0 Å². The number of hydrogen-bond donors (Lipinski definition) is 3. The fourth-order valence-electron chi connectivity index (χ4n) is 3.73. The number of aryl methyl sites for hydroxylation is 2. The van der Waals surface area contributed by atoms with Crippen molar-refractivity contribution >= 4 is 0 Å². The number of hydrogen-bond acceptors (Lipinski definition) is 4. The molecular formula is C25H36N4. The highest BCUT2D eigenvalue weighted by molar-refractivity contribution is 5.40. The molecule has 2 aliphatic rings. The van der Waals surface area contributed by atoms with Gasteiger partial charge in [0, 0.05) is 49.7 Å². The first-order valence-corrected chi connectivity index (χ1v) is 10.7. The first-order chi connectivity index (χ1) is 14.2. The van der Waals surface area contributed by atoms with Crippen LogP contribution in [0.5, 0.6) is 0 Å². The summed E-state index contributed by atoms with van der Waals surface area (Å²) in [4.78, 5) is 4.32. The van der Waals surface area contributed by atoms with Crippen molar-refractivity contribution in [2.45, 2.75) is 52.0 Å². The molecule has 1 atom stereocenters. The average molecular weight is 393 g/mol. The van der Waals surface area contributed by atoms with Gasteiger partial charge in [-0.25, -0.2) is 0 Å². The highest BCUT2D eigenvalue weighted by Gasteiger charge is 2.17. The van der Waals surface area contributed by atoms with Gasteiger partial charge in [-0.2, -0.15) is 0 Å². The number of rotatable bonds is 6. The molecule has 4 nitrogen and oxygen atoms in total. The minimum Gasteiger partial charge on any atom is -0.327 e. The van der Waals surface area contributed by atoms with Crippen LogP contribution >= 0.6 is 0 Å². The molecule has 0 radical (unpaired) electrons. The molecule has 1 aromatic heterocycles. The number of nitrogens with one attached hydrogen (secondary N) is 2. The molecule has 0 spiro atoms. The van der Waals surface area contributed by atoms with E-state index >= 15 is 0 Å². The Labute approximate surface area is 176 Å². The van der Waals surface area contributed by atoms with Crippen molar-refractivity contribution < 1.29 is 0 Å². The van der Waals surface area contributed by atoms with Crippen molar-refractivity contribution in [1.29, 1.82) is 0 Å². The largest absolute Gasteiger partial charge is 0.327 e. The first kappa shape index (κ1) is 23.1. The van der Waals surface area contributed by atoms with Gasteiger partial charge in [0.25, 0.3) is 0 Å². The Balaban J connectivity index is 0.000000248. The van der Waals surface area contributed by atoms with Crippen LogP contribution in [-0.2, 0) is 12.8 Å². The Morgan fingerprint density at radius 2 is 2.24 bits per heavy atom. The Hall–Kier alpha value is -2.19. The van der Waals surface area contributed by atoms with Crippen LogP contribution in [0, 0.1) is 12.3 Å². The van der Waals surface area contributed by atoms with Gasteiger partial charge in [-0.05, 0) is 63.2 Å². The summed E-state index contributed by atoms with van der Waals surface area (Å²) in [5, 5.41) is 6.92. The molecule has 4 N–H and O–H groups in total. The van der Waals surface area contributed by atoms with E-state index in [1.165, 1.54) is 48.1 Å². The lowest BCUT2D eigenvalue weighted by molar-refractivity contribution is 0.481. The van der Waals surface area contributed by atoms with Gasteiger partial charge < -0.3 is 16.4 Å². The summed E-state index contributed by atoms with van der Waals surface area (Å²) in [6.45, 7) is 7.34. The van der Waals surface area contributed by atoms with Gasteiger partial charge in [-0.15, -0.1) is 6.42 Å². The predicted octanol–water partition coefficient (Wildman–Crippen LogP) is 3.31. The van der Waals surface area contributed by atoms with Gasteiger partial charge in [0.05, 0.1) is 0 Å². The van der Waals surface area contributed by atoms with E-state index in [9.17, 15) is 0 Å². The summed E-state index contributed by atoms with van der Waals surface area (Å²) in [5.41, 5.74) is 11.9. The molecule has 29 heavy (non-hydrogen) atoms. The maximum absolute atomic E-state index is 5.53. The summed E-state index contributed by atoms with van der Waals surface area (Å²) in [5.74, 6) is 2.77. The van der Waals surface area contributed by atoms with E-state index in [1.54, 1.807) is 0 Å². The molecule has 1 unspecified atom stereocenters. The van der Waals surface area contributed by atoms with Crippen LogP contribution in [0.4, 0.5) is 0 Å². The molecule has 2 heterocycles. The predicted molar refractivity (Wildman–Crippen MR) is 124 cm³/mol. The van der Waals surface area contributed by atoms with Crippen LogP contribution in [0.3, 0.4) is 0 Å². The molecule has 1 aliphatic heterocycles. The normalized spacial score (nSPS) is 19.4. The quantitative estimate of drug-likeness (QED) is 0.513. The minimum absolute atomic E-state index is 0.439. The van der Waals surface area contributed by atoms with Gasteiger partial charge in [-0.1, -0.05) is 35.8 Å².